The molecule has 13 heavy (non-hydrogen) atoms. The summed E-state index contributed by atoms with van der Waals surface area (Å²) in [6.45, 7) is -0.281. The van der Waals surface area contributed by atoms with Crippen LogP contribution in [0.15, 0.2) is 30.3 Å². The molecule has 0 atom stereocenters. The maximum Gasteiger partial charge on any atom is 0.287 e. The Bertz CT molecular complexity index is 274. The van der Waals surface area contributed by atoms with E-state index in [0.29, 0.717) is 5.75 Å². The van der Waals surface area contributed by atoms with E-state index in [1.165, 1.54) is 0 Å². The van der Waals surface area contributed by atoms with Gasteiger partial charge in [-0.2, -0.15) is 5.12 Å². The minimum absolute atomic E-state index is 0.00292. The number of carbonyl (C=O) groups is 1. The molecular formula is C9H10FNO2. The molecule has 1 aromatic carbocycles. The van der Waals surface area contributed by atoms with E-state index in [1.54, 1.807) is 24.3 Å². The first-order valence-electron chi connectivity index (χ1n) is 3.80. The maximum atomic E-state index is 12.2. The molecule has 1 aromatic rings. The van der Waals surface area contributed by atoms with Gasteiger partial charge >= 0.3 is 0 Å². The largest absolute Gasteiger partial charge is 0.484 e. The van der Waals surface area contributed by atoms with Gasteiger partial charge in [-0.1, -0.05) is 22.7 Å². The van der Waals surface area contributed by atoms with Crippen molar-refractivity contribution < 1.29 is 14.0 Å². The first-order chi connectivity index (χ1) is 6.20. The average Bonchev–Trinajstić information content (AvgIpc) is 2.15. The van der Waals surface area contributed by atoms with Crippen LogP contribution in [0.2, 0.25) is 0 Å². The van der Waals surface area contributed by atoms with Gasteiger partial charge in [0, 0.05) is 7.05 Å². The van der Waals surface area contributed by atoms with Crippen molar-refractivity contribution in [1.82, 2.24) is 5.12 Å². The SMILES string of the molecule is CN(F)C(=O)COc1ccccc1. The highest BCUT2D eigenvalue weighted by molar-refractivity contribution is 5.76. The van der Waals surface area contributed by atoms with Gasteiger partial charge in [0.15, 0.2) is 6.61 Å². The molecule has 70 valence electrons. The Kier molecular flexibility index (Phi) is 3.25. The minimum Gasteiger partial charge on any atom is -0.484 e. The third-order valence-electron chi connectivity index (χ3n) is 1.45. The van der Waals surface area contributed by atoms with E-state index in [0.717, 1.165) is 7.05 Å². The van der Waals surface area contributed by atoms with E-state index >= 15 is 0 Å². The zero-order valence-corrected chi connectivity index (χ0v) is 7.24. The Labute approximate surface area is 75.7 Å². The lowest BCUT2D eigenvalue weighted by Crippen LogP contribution is -2.24. The molecule has 1 rings (SSSR count). The number of hydrogen-bond donors (Lipinski definition) is 0. The zero-order valence-electron chi connectivity index (χ0n) is 7.24. The lowest BCUT2D eigenvalue weighted by Gasteiger charge is -2.07. The van der Waals surface area contributed by atoms with Crippen LogP contribution in [0, 0.1) is 0 Å². The van der Waals surface area contributed by atoms with E-state index in [9.17, 15) is 9.28 Å². The van der Waals surface area contributed by atoms with Crippen molar-refractivity contribution in [3.05, 3.63) is 30.3 Å². The summed E-state index contributed by atoms with van der Waals surface area (Å²) < 4.78 is 17.2. The number of halogens is 1. The Balaban J connectivity index is 2.40. The number of ether oxygens (including phenoxy) is 1. The standard InChI is InChI=1S/C9H10FNO2/c1-11(10)9(12)7-13-8-5-3-2-4-6-8/h2-6H,7H2,1H3. The Morgan fingerprint density at radius 2 is 2.08 bits per heavy atom. The number of likely N-dealkylation sites (N-methyl/N-ethyl adjacent to an activating group) is 1. The molecule has 0 radical (unpaired) electrons. The summed E-state index contributed by atoms with van der Waals surface area (Å²) in [5.41, 5.74) is 0. The molecule has 0 saturated carbocycles. The zero-order chi connectivity index (χ0) is 9.68. The Hall–Kier alpha value is -1.58. The third-order valence-corrected chi connectivity index (χ3v) is 1.45. The monoisotopic (exact) mass is 183 g/mol. The van der Waals surface area contributed by atoms with Crippen LogP contribution in [0.25, 0.3) is 0 Å². The average molecular weight is 183 g/mol. The lowest BCUT2D eigenvalue weighted by molar-refractivity contribution is -0.145. The summed E-state index contributed by atoms with van der Waals surface area (Å²) >= 11 is 0. The third kappa shape index (κ3) is 3.11. The second kappa shape index (κ2) is 4.45. The topological polar surface area (TPSA) is 29.5 Å². The van der Waals surface area contributed by atoms with Crippen LogP contribution in [-0.4, -0.2) is 24.7 Å². The molecular weight excluding hydrogens is 173 g/mol. The molecule has 1 amide bonds. The predicted molar refractivity (Wildman–Crippen MR) is 45.8 cm³/mol. The minimum atomic E-state index is -0.705. The molecule has 0 heterocycles. The van der Waals surface area contributed by atoms with Crippen molar-refractivity contribution in [2.24, 2.45) is 0 Å². The molecule has 4 heteroatoms. The van der Waals surface area contributed by atoms with Crippen molar-refractivity contribution in [3.63, 3.8) is 0 Å². The van der Waals surface area contributed by atoms with E-state index in [4.69, 9.17) is 4.74 Å². The first kappa shape index (κ1) is 9.51. The van der Waals surface area contributed by atoms with Gasteiger partial charge < -0.3 is 4.74 Å². The van der Waals surface area contributed by atoms with Crippen LogP contribution in [-0.2, 0) is 4.79 Å². The van der Waals surface area contributed by atoms with Gasteiger partial charge in [0.05, 0.1) is 0 Å². The quantitative estimate of drug-likeness (QED) is 0.663. The van der Waals surface area contributed by atoms with Crippen LogP contribution in [0.5, 0.6) is 5.75 Å². The van der Waals surface area contributed by atoms with Gasteiger partial charge in [-0.15, -0.1) is 0 Å². The van der Waals surface area contributed by atoms with Crippen LogP contribution in [0.4, 0.5) is 4.48 Å². The number of hydrogen-bond acceptors (Lipinski definition) is 2. The summed E-state index contributed by atoms with van der Waals surface area (Å²) in [7, 11) is 1.04. The smallest absolute Gasteiger partial charge is 0.287 e. The van der Waals surface area contributed by atoms with E-state index < -0.39 is 5.91 Å². The molecule has 3 nitrogen and oxygen atoms in total. The number of carbonyl (C=O) groups excluding carboxylic acids is 1. The second-order valence-electron chi connectivity index (χ2n) is 2.47. The van der Waals surface area contributed by atoms with Gasteiger partial charge in [-0.3, -0.25) is 4.79 Å². The molecule has 0 aliphatic carbocycles. The van der Waals surface area contributed by atoms with Crippen molar-refractivity contribution in [2.45, 2.75) is 0 Å². The Morgan fingerprint density at radius 3 is 2.62 bits per heavy atom. The fourth-order valence-corrected chi connectivity index (χ4v) is 0.751. The summed E-state index contributed by atoms with van der Waals surface area (Å²) in [4.78, 5) is 10.7. The van der Waals surface area contributed by atoms with Gasteiger partial charge in [-0.05, 0) is 12.1 Å². The van der Waals surface area contributed by atoms with E-state index in [2.05, 4.69) is 0 Å². The van der Waals surface area contributed by atoms with E-state index in [-0.39, 0.29) is 11.7 Å². The molecule has 0 saturated heterocycles. The molecule has 0 aliphatic heterocycles. The molecule has 0 spiro atoms. The highest BCUT2D eigenvalue weighted by Gasteiger charge is 2.07. The summed E-state index contributed by atoms with van der Waals surface area (Å²) in [6, 6.07) is 8.78. The number of nitrogens with zero attached hydrogens (tertiary/aromatic N) is 1. The van der Waals surface area contributed by atoms with Crippen LogP contribution < -0.4 is 4.74 Å². The lowest BCUT2D eigenvalue weighted by atomic mass is 10.3. The summed E-state index contributed by atoms with van der Waals surface area (Å²) in [5.74, 6) is -0.151. The molecule has 0 unspecified atom stereocenters. The molecule has 0 bridgehead atoms. The van der Waals surface area contributed by atoms with Crippen molar-refractivity contribution in [3.8, 4) is 5.75 Å². The number of amides is 1. The Morgan fingerprint density at radius 1 is 1.46 bits per heavy atom. The second-order valence-corrected chi connectivity index (χ2v) is 2.47. The predicted octanol–water partition coefficient (Wildman–Crippen LogP) is 1.41. The molecule has 0 fully saturated rings. The number of rotatable bonds is 3. The summed E-state index contributed by atoms with van der Waals surface area (Å²) in [5, 5.41) is 0.00292. The van der Waals surface area contributed by atoms with Gasteiger partial charge in [0.25, 0.3) is 5.91 Å². The van der Waals surface area contributed by atoms with Crippen LogP contribution in [0.3, 0.4) is 0 Å². The van der Waals surface area contributed by atoms with Crippen molar-refractivity contribution in [2.75, 3.05) is 13.7 Å². The normalized spacial score (nSPS) is 9.38. The van der Waals surface area contributed by atoms with Crippen LogP contribution >= 0.6 is 0 Å². The van der Waals surface area contributed by atoms with Gasteiger partial charge in [0.1, 0.15) is 5.75 Å². The maximum absolute atomic E-state index is 12.2. The fraction of sp³-hybridized carbons (Fsp3) is 0.222. The molecule has 0 aromatic heterocycles. The van der Waals surface area contributed by atoms with E-state index in [1.807, 2.05) is 6.07 Å². The van der Waals surface area contributed by atoms with Crippen molar-refractivity contribution in [1.29, 1.82) is 0 Å². The number of benzene rings is 1. The fourth-order valence-electron chi connectivity index (χ4n) is 0.751. The highest BCUT2D eigenvalue weighted by Crippen LogP contribution is 2.07. The molecule has 0 N–H and O–H groups in total. The molecule has 0 aliphatic rings. The first-order valence-corrected chi connectivity index (χ1v) is 3.80. The van der Waals surface area contributed by atoms with Crippen LogP contribution in [0.1, 0.15) is 0 Å². The van der Waals surface area contributed by atoms with Crippen molar-refractivity contribution >= 4 is 5.91 Å². The van der Waals surface area contributed by atoms with Gasteiger partial charge in [-0.25, -0.2) is 0 Å². The summed E-state index contributed by atoms with van der Waals surface area (Å²) in [6.07, 6.45) is 0. The van der Waals surface area contributed by atoms with Gasteiger partial charge in [0.2, 0.25) is 0 Å². The highest BCUT2D eigenvalue weighted by atomic mass is 19.2. The number of para-hydroxylation sites is 1.